The lowest BCUT2D eigenvalue weighted by atomic mass is 10.1. The Hall–Kier alpha value is -1.09. The summed E-state index contributed by atoms with van der Waals surface area (Å²) in [6.45, 7) is 1.95. The molecule has 0 N–H and O–H groups in total. The summed E-state index contributed by atoms with van der Waals surface area (Å²) in [5.74, 6) is 0.725. The Kier molecular flexibility index (Phi) is 2.45. The Labute approximate surface area is 78.3 Å². The summed E-state index contributed by atoms with van der Waals surface area (Å²) in [7, 11) is 2.12. The lowest BCUT2D eigenvalue weighted by Crippen LogP contribution is -2.48. The number of hydrogen-bond donors (Lipinski definition) is 0. The fourth-order valence-electron chi connectivity index (χ4n) is 1.39. The van der Waals surface area contributed by atoms with Gasteiger partial charge in [-0.15, -0.1) is 0 Å². The van der Waals surface area contributed by atoms with Crippen LogP contribution in [0, 0.1) is 0 Å². The average Bonchev–Trinajstić information content (AvgIpc) is 2.17. The predicted molar refractivity (Wildman–Crippen MR) is 50.8 cm³/mol. The molecule has 1 aliphatic rings. The van der Waals surface area contributed by atoms with Crippen LogP contribution in [-0.2, 0) is 0 Å². The van der Waals surface area contributed by atoms with Crippen molar-refractivity contribution in [1.82, 2.24) is 9.88 Å². The summed E-state index contributed by atoms with van der Waals surface area (Å²) in [5.41, 5.74) is 0. The highest BCUT2D eigenvalue weighted by Gasteiger charge is 2.24. The monoisotopic (exact) mass is 178 g/mol. The number of likely N-dealkylation sites (N-methyl/N-ethyl adjacent to an activating group) is 1. The smallest absolute Gasteiger partial charge is 0.213 e. The van der Waals surface area contributed by atoms with E-state index >= 15 is 0 Å². The lowest BCUT2D eigenvalue weighted by molar-refractivity contribution is 0.0751. The summed E-state index contributed by atoms with van der Waals surface area (Å²) >= 11 is 0. The van der Waals surface area contributed by atoms with Gasteiger partial charge in [-0.05, 0) is 26.1 Å². The second kappa shape index (κ2) is 3.75. The number of rotatable bonds is 3. The first-order valence-corrected chi connectivity index (χ1v) is 4.60. The maximum Gasteiger partial charge on any atom is 0.213 e. The zero-order chi connectivity index (χ0) is 9.10. The Balaban J connectivity index is 1.80. The van der Waals surface area contributed by atoms with Gasteiger partial charge in [-0.25, -0.2) is 4.98 Å². The molecule has 70 valence electrons. The molecule has 0 spiro atoms. The van der Waals surface area contributed by atoms with Crippen LogP contribution in [0.2, 0.25) is 0 Å². The zero-order valence-electron chi connectivity index (χ0n) is 7.81. The Morgan fingerprint density at radius 1 is 1.62 bits per heavy atom. The molecule has 0 saturated carbocycles. The van der Waals surface area contributed by atoms with E-state index in [1.807, 2.05) is 18.2 Å². The molecule has 0 unspecified atom stereocenters. The largest absolute Gasteiger partial charge is 0.476 e. The normalized spacial score (nSPS) is 22.4. The van der Waals surface area contributed by atoms with E-state index in [-0.39, 0.29) is 0 Å². The number of nitrogens with zero attached hydrogens (tertiary/aromatic N) is 2. The van der Waals surface area contributed by atoms with E-state index in [1.165, 1.54) is 13.0 Å². The molecule has 3 heteroatoms. The number of likely N-dealkylation sites (tertiary alicyclic amines) is 1. The van der Waals surface area contributed by atoms with Crippen LogP contribution >= 0.6 is 0 Å². The molecule has 0 radical (unpaired) electrons. The minimum atomic E-state index is 0.585. The van der Waals surface area contributed by atoms with E-state index in [0.717, 1.165) is 12.5 Å². The molecular formula is C10H14N2O. The number of ether oxygens (including phenoxy) is 1. The van der Waals surface area contributed by atoms with E-state index in [9.17, 15) is 0 Å². The summed E-state index contributed by atoms with van der Waals surface area (Å²) in [6.07, 6.45) is 2.99. The highest BCUT2D eigenvalue weighted by Crippen LogP contribution is 2.15. The van der Waals surface area contributed by atoms with E-state index in [1.54, 1.807) is 6.20 Å². The zero-order valence-corrected chi connectivity index (χ0v) is 7.81. The van der Waals surface area contributed by atoms with Crippen molar-refractivity contribution in [1.29, 1.82) is 0 Å². The van der Waals surface area contributed by atoms with E-state index in [0.29, 0.717) is 6.04 Å². The third-order valence-corrected chi connectivity index (χ3v) is 2.50. The van der Waals surface area contributed by atoms with Crippen LogP contribution in [0.1, 0.15) is 6.42 Å². The van der Waals surface area contributed by atoms with Gasteiger partial charge >= 0.3 is 0 Å². The fourth-order valence-corrected chi connectivity index (χ4v) is 1.39. The number of pyridine rings is 1. The van der Waals surface area contributed by atoms with E-state index < -0.39 is 0 Å². The van der Waals surface area contributed by atoms with Crippen molar-refractivity contribution in [3.8, 4) is 5.88 Å². The van der Waals surface area contributed by atoms with Gasteiger partial charge in [0.1, 0.15) is 6.61 Å². The van der Waals surface area contributed by atoms with Crippen molar-refractivity contribution in [3.63, 3.8) is 0 Å². The number of hydrogen-bond acceptors (Lipinski definition) is 3. The van der Waals surface area contributed by atoms with Gasteiger partial charge in [0.05, 0.1) is 0 Å². The first kappa shape index (κ1) is 8.51. The fraction of sp³-hybridized carbons (Fsp3) is 0.500. The molecule has 1 atom stereocenters. The molecule has 0 aliphatic carbocycles. The van der Waals surface area contributed by atoms with Gasteiger partial charge in [0.2, 0.25) is 5.88 Å². The highest BCUT2D eigenvalue weighted by atomic mass is 16.5. The van der Waals surface area contributed by atoms with Gasteiger partial charge in [-0.3, -0.25) is 4.90 Å². The maximum absolute atomic E-state index is 5.53. The van der Waals surface area contributed by atoms with E-state index in [2.05, 4.69) is 16.9 Å². The van der Waals surface area contributed by atoms with Gasteiger partial charge in [-0.2, -0.15) is 0 Å². The molecule has 3 nitrogen and oxygen atoms in total. The van der Waals surface area contributed by atoms with Crippen LogP contribution in [-0.4, -0.2) is 36.1 Å². The summed E-state index contributed by atoms with van der Waals surface area (Å²) in [6, 6.07) is 6.30. The topological polar surface area (TPSA) is 25.4 Å². The quantitative estimate of drug-likeness (QED) is 0.694. The highest BCUT2D eigenvalue weighted by molar-refractivity contribution is 5.09. The summed E-state index contributed by atoms with van der Waals surface area (Å²) < 4.78 is 5.53. The van der Waals surface area contributed by atoms with Crippen molar-refractivity contribution in [2.75, 3.05) is 20.2 Å². The Bertz CT molecular complexity index is 263. The predicted octanol–water partition coefficient (Wildman–Crippen LogP) is 1.16. The average molecular weight is 178 g/mol. The Morgan fingerprint density at radius 3 is 3.08 bits per heavy atom. The Morgan fingerprint density at radius 2 is 2.54 bits per heavy atom. The van der Waals surface area contributed by atoms with Gasteiger partial charge in [0.15, 0.2) is 0 Å². The van der Waals surface area contributed by atoms with Crippen LogP contribution < -0.4 is 4.74 Å². The maximum atomic E-state index is 5.53. The molecule has 1 aromatic rings. The van der Waals surface area contributed by atoms with Gasteiger partial charge in [0.25, 0.3) is 0 Å². The van der Waals surface area contributed by atoms with Crippen molar-refractivity contribution < 1.29 is 4.74 Å². The third kappa shape index (κ3) is 1.98. The number of aromatic nitrogens is 1. The second-order valence-corrected chi connectivity index (χ2v) is 3.40. The molecule has 0 aromatic carbocycles. The first-order chi connectivity index (χ1) is 6.36. The molecule has 2 rings (SSSR count). The molecule has 1 aromatic heterocycles. The lowest BCUT2D eigenvalue weighted by Gasteiger charge is -2.37. The molecule has 0 bridgehead atoms. The molecule has 2 heterocycles. The molecule has 1 fully saturated rings. The van der Waals surface area contributed by atoms with E-state index in [4.69, 9.17) is 4.74 Å². The molecule has 1 saturated heterocycles. The van der Waals surface area contributed by atoms with Crippen LogP contribution in [0.4, 0.5) is 0 Å². The third-order valence-electron chi connectivity index (χ3n) is 2.50. The minimum absolute atomic E-state index is 0.585. The van der Waals surface area contributed by atoms with Crippen LogP contribution in [0.15, 0.2) is 24.4 Å². The van der Waals surface area contributed by atoms with Crippen molar-refractivity contribution in [3.05, 3.63) is 24.4 Å². The minimum Gasteiger partial charge on any atom is -0.476 e. The van der Waals surface area contributed by atoms with Crippen LogP contribution in [0.25, 0.3) is 0 Å². The summed E-state index contributed by atoms with van der Waals surface area (Å²) in [4.78, 5) is 6.39. The molecule has 1 aliphatic heterocycles. The van der Waals surface area contributed by atoms with Crippen molar-refractivity contribution in [2.45, 2.75) is 12.5 Å². The van der Waals surface area contributed by atoms with Gasteiger partial charge in [-0.1, -0.05) is 6.07 Å². The molecule has 13 heavy (non-hydrogen) atoms. The van der Waals surface area contributed by atoms with Gasteiger partial charge in [0, 0.05) is 18.3 Å². The second-order valence-electron chi connectivity index (χ2n) is 3.40. The van der Waals surface area contributed by atoms with Crippen LogP contribution in [0.3, 0.4) is 0 Å². The standard InChI is InChI=1S/C10H14N2O/c1-12-7-5-9(12)8-13-10-4-2-3-6-11-10/h2-4,6,9H,5,7-8H2,1H3/t9-/m0/s1. The van der Waals surface area contributed by atoms with Crippen LogP contribution in [0.5, 0.6) is 5.88 Å². The van der Waals surface area contributed by atoms with Crippen molar-refractivity contribution in [2.24, 2.45) is 0 Å². The molecular weight excluding hydrogens is 164 g/mol. The summed E-state index contributed by atoms with van der Waals surface area (Å²) in [5, 5.41) is 0. The first-order valence-electron chi connectivity index (χ1n) is 4.60. The molecule has 0 amide bonds. The van der Waals surface area contributed by atoms with Gasteiger partial charge < -0.3 is 4.74 Å². The van der Waals surface area contributed by atoms with Crippen molar-refractivity contribution >= 4 is 0 Å². The SMILES string of the molecule is CN1CC[C@H]1COc1ccccn1.